The quantitative estimate of drug-likeness (QED) is 0.288. The molecule has 0 bridgehead atoms. The van der Waals surface area contributed by atoms with Gasteiger partial charge in [0.05, 0.1) is 30.5 Å². The summed E-state index contributed by atoms with van der Waals surface area (Å²) >= 11 is 0. The molecule has 2 aromatic carbocycles. The highest BCUT2D eigenvalue weighted by Crippen LogP contribution is 2.28. The zero-order chi connectivity index (χ0) is 27.9. The monoisotopic (exact) mass is 614 g/mol. The fourth-order valence-corrected chi connectivity index (χ4v) is 5.41. The average Bonchev–Trinajstić information content (AvgIpc) is 3.61. The average molecular weight is 616 g/mol. The summed E-state index contributed by atoms with van der Waals surface area (Å²) in [6.45, 7) is 2.18. The number of aliphatic hydroxyl groups is 1. The minimum Gasteiger partial charge on any atom is -0.388 e. The second-order valence-corrected chi connectivity index (χ2v) is 10.5. The van der Waals surface area contributed by atoms with E-state index >= 15 is 0 Å². The van der Waals surface area contributed by atoms with Crippen LogP contribution < -0.4 is 11.3 Å². The van der Waals surface area contributed by atoms with Gasteiger partial charge in [0, 0.05) is 62.4 Å². The summed E-state index contributed by atoms with van der Waals surface area (Å²) in [7, 11) is 1.79. The van der Waals surface area contributed by atoms with E-state index in [0.29, 0.717) is 55.8 Å². The third-order valence-corrected chi connectivity index (χ3v) is 7.76. The molecule has 0 saturated carbocycles. The number of hydrogen-bond donors (Lipinski definition) is 2. The molecular weight excluding hydrogens is 582 g/mol. The molecule has 1 aliphatic heterocycles. The fourth-order valence-electron chi connectivity index (χ4n) is 5.41. The van der Waals surface area contributed by atoms with Crippen LogP contribution in [0.4, 0.5) is 4.39 Å². The molecule has 0 radical (unpaired) electrons. The summed E-state index contributed by atoms with van der Waals surface area (Å²) in [6.07, 6.45) is 7.45. The maximum Gasteiger partial charge on any atom is 0.281 e. The van der Waals surface area contributed by atoms with Crippen LogP contribution >= 0.6 is 24.8 Å². The van der Waals surface area contributed by atoms with Gasteiger partial charge in [-0.25, -0.2) is 14.4 Å². The number of benzene rings is 2. The van der Waals surface area contributed by atoms with Crippen molar-refractivity contribution in [3.05, 3.63) is 94.8 Å². The molecule has 5 aromatic rings. The number of aryl methyl sites for hydroxylation is 1. The third-order valence-electron chi connectivity index (χ3n) is 7.76. The Bertz CT molecular complexity index is 1710. The number of nitrogens with two attached hydrogens (primary N) is 1. The molecular formula is C29H33Cl2FN8O2. The number of rotatable bonds is 7. The van der Waals surface area contributed by atoms with Gasteiger partial charge in [-0.15, -0.1) is 24.8 Å². The molecule has 222 valence electrons. The van der Waals surface area contributed by atoms with Gasteiger partial charge in [0.2, 0.25) is 0 Å². The van der Waals surface area contributed by atoms with E-state index in [9.17, 15) is 14.3 Å². The van der Waals surface area contributed by atoms with Gasteiger partial charge in [-0.3, -0.25) is 18.9 Å². The molecule has 0 spiro atoms. The molecule has 42 heavy (non-hydrogen) atoms. The number of hydrogen-bond acceptors (Lipinski definition) is 7. The summed E-state index contributed by atoms with van der Waals surface area (Å²) in [5, 5.41) is 15.8. The molecule has 10 nitrogen and oxygen atoms in total. The van der Waals surface area contributed by atoms with Crippen molar-refractivity contribution < 1.29 is 9.50 Å². The molecule has 1 fully saturated rings. The lowest BCUT2D eigenvalue weighted by atomic mass is 9.91. The van der Waals surface area contributed by atoms with E-state index in [0.717, 1.165) is 16.8 Å². The Kier molecular flexibility index (Phi) is 9.49. The van der Waals surface area contributed by atoms with Gasteiger partial charge < -0.3 is 15.4 Å². The Hall–Kier alpha value is -3.61. The van der Waals surface area contributed by atoms with Crippen LogP contribution in [0.3, 0.4) is 0 Å². The fraction of sp³-hybridized carbons (Fsp3) is 0.310. The largest absolute Gasteiger partial charge is 0.388 e. The maximum absolute atomic E-state index is 14.8. The van der Waals surface area contributed by atoms with Gasteiger partial charge in [0.1, 0.15) is 11.3 Å². The highest BCUT2D eigenvalue weighted by molar-refractivity contribution is 5.89. The van der Waals surface area contributed by atoms with Crippen molar-refractivity contribution in [2.75, 3.05) is 13.1 Å². The van der Waals surface area contributed by atoms with Crippen LogP contribution in [-0.2, 0) is 26.7 Å². The molecule has 3 N–H and O–H groups in total. The van der Waals surface area contributed by atoms with Crippen molar-refractivity contribution in [1.29, 1.82) is 0 Å². The lowest BCUT2D eigenvalue weighted by molar-refractivity contribution is -0.0366. The second-order valence-electron chi connectivity index (χ2n) is 10.5. The van der Waals surface area contributed by atoms with Gasteiger partial charge in [-0.05, 0) is 30.5 Å². The summed E-state index contributed by atoms with van der Waals surface area (Å²) in [6, 6.07) is 13.0. The predicted molar refractivity (Wildman–Crippen MR) is 164 cm³/mol. The zero-order valence-electron chi connectivity index (χ0n) is 23.1. The number of piperidine rings is 1. The minimum absolute atomic E-state index is 0. The molecule has 1 saturated heterocycles. The Balaban J connectivity index is 0.00000202. The van der Waals surface area contributed by atoms with Crippen molar-refractivity contribution in [3.63, 3.8) is 0 Å². The summed E-state index contributed by atoms with van der Waals surface area (Å²) < 4.78 is 19.7. The van der Waals surface area contributed by atoms with Gasteiger partial charge in [-0.1, -0.05) is 30.3 Å². The highest BCUT2D eigenvalue weighted by Gasteiger charge is 2.33. The van der Waals surface area contributed by atoms with E-state index in [1.54, 1.807) is 41.1 Å². The molecule has 0 unspecified atom stereocenters. The van der Waals surface area contributed by atoms with Crippen molar-refractivity contribution in [1.82, 2.24) is 33.8 Å². The minimum atomic E-state index is -1.07. The lowest BCUT2D eigenvalue weighted by Crippen LogP contribution is -2.47. The number of aromatic nitrogens is 6. The SMILES string of the molecule is Cl.Cl.Cn1nc2c(=O)n(CC3(O)CCN(Cc4ccc(-n5ccnc5)cc4F)CC3)cnc2c1-c1ccc(CN)cc1. The number of imidazole rings is 1. The molecule has 6 rings (SSSR count). The molecule has 3 aromatic heterocycles. The normalized spacial score (nSPS) is 14.9. The van der Waals surface area contributed by atoms with Crippen LogP contribution in [0.25, 0.3) is 28.0 Å². The van der Waals surface area contributed by atoms with E-state index in [4.69, 9.17) is 5.73 Å². The summed E-state index contributed by atoms with van der Waals surface area (Å²) in [5.41, 5.74) is 9.11. The van der Waals surface area contributed by atoms with Crippen LogP contribution in [0, 0.1) is 5.82 Å². The van der Waals surface area contributed by atoms with Crippen LogP contribution in [0.15, 0.2) is 72.3 Å². The zero-order valence-corrected chi connectivity index (χ0v) is 24.7. The number of likely N-dealkylation sites (tertiary alicyclic amines) is 1. The van der Waals surface area contributed by atoms with Gasteiger partial charge >= 0.3 is 0 Å². The lowest BCUT2D eigenvalue weighted by Gasteiger charge is -2.38. The van der Waals surface area contributed by atoms with Crippen molar-refractivity contribution in [2.45, 2.75) is 38.1 Å². The van der Waals surface area contributed by atoms with Crippen LogP contribution in [0.2, 0.25) is 0 Å². The van der Waals surface area contributed by atoms with E-state index in [-0.39, 0.29) is 48.3 Å². The Morgan fingerprint density at radius 1 is 1.05 bits per heavy atom. The first-order valence-electron chi connectivity index (χ1n) is 13.3. The van der Waals surface area contributed by atoms with E-state index in [1.807, 2.05) is 30.3 Å². The summed E-state index contributed by atoms with van der Waals surface area (Å²) in [4.78, 5) is 24.1. The van der Waals surface area contributed by atoms with Gasteiger partial charge in [0.15, 0.2) is 5.52 Å². The Morgan fingerprint density at radius 2 is 1.79 bits per heavy atom. The van der Waals surface area contributed by atoms with Crippen molar-refractivity contribution in [2.24, 2.45) is 12.8 Å². The Labute approximate surface area is 254 Å². The second kappa shape index (κ2) is 12.7. The standard InChI is InChI=1S/C29H31FN8O2.2ClH/c1-35-27(21-4-2-20(15-31)3-5-21)25-26(34-35)28(39)38(19-33-25)17-29(40)8-11-36(12-9-29)16-22-6-7-23(14-24(22)30)37-13-10-32-18-37;;/h2-7,10,13-14,18-19,40H,8-9,11-12,15-17,31H2,1H3;2*1H. The smallest absolute Gasteiger partial charge is 0.281 e. The first-order valence-corrected chi connectivity index (χ1v) is 13.3. The predicted octanol–water partition coefficient (Wildman–Crippen LogP) is 3.45. The van der Waals surface area contributed by atoms with E-state index in [2.05, 4.69) is 20.0 Å². The highest BCUT2D eigenvalue weighted by atomic mass is 35.5. The van der Waals surface area contributed by atoms with Crippen LogP contribution in [0.5, 0.6) is 0 Å². The molecule has 0 aliphatic carbocycles. The molecule has 0 amide bonds. The van der Waals surface area contributed by atoms with E-state index in [1.165, 1.54) is 17.0 Å². The number of fused-ring (bicyclic) bond motifs is 1. The van der Waals surface area contributed by atoms with Crippen molar-refractivity contribution >= 4 is 35.8 Å². The maximum atomic E-state index is 14.8. The van der Waals surface area contributed by atoms with Crippen LogP contribution in [0.1, 0.15) is 24.0 Å². The van der Waals surface area contributed by atoms with Crippen LogP contribution in [-0.4, -0.2) is 57.6 Å². The molecule has 4 heterocycles. The Morgan fingerprint density at radius 3 is 2.43 bits per heavy atom. The topological polar surface area (TPSA) is 120 Å². The first kappa shape index (κ1) is 31.3. The molecule has 0 atom stereocenters. The summed E-state index contributed by atoms with van der Waals surface area (Å²) in [5.74, 6) is -0.275. The van der Waals surface area contributed by atoms with Gasteiger partial charge in [0.25, 0.3) is 5.56 Å². The number of halogens is 3. The molecule has 1 aliphatic rings. The molecule has 13 heteroatoms. The van der Waals surface area contributed by atoms with E-state index < -0.39 is 5.60 Å². The first-order chi connectivity index (χ1) is 19.3. The van der Waals surface area contributed by atoms with Gasteiger partial charge in [-0.2, -0.15) is 5.10 Å². The number of nitrogens with zero attached hydrogens (tertiary/aromatic N) is 7. The third kappa shape index (κ3) is 6.11. The van der Waals surface area contributed by atoms with Crippen molar-refractivity contribution in [3.8, 4) is 16.9 Å².